The van der Waals surface area contributed by atoms with E-state index in [1.807, 2.05) is 60.7 Å². The fourth-order valence-electron chi connectivity index (χ4n) is 2.44. The van der Waals surface area contributed by atoms with E-state index in [-0.39, 0.29) is 5.91 Å². The van der Waals surface area contributed by atoms with Gasteiger partial charge in [0.1, 0.15) is 0 Å². The second-order valence-corrected chi connectivity index (χ2v) is 6.20. The van der Waals surface area contributed by atoms with Gasteiger partial charge in [-0.2, -0.15) is 0 Å². The summed E-state index contributed by atoms with van der Waals surface area (Å²) in [4.78, 5) is 12.4. The maximum atomic E-state index is 12.4. The van der Waals surface area contributed by atoms with Gasteiger partial charge in [0.2, 0.25) is 0 Å². The first-order chi connectivity index (χ1) is 11.2. The maximum absolute atomic E-state index is 12.4. The molecule has 0 aliphatic heterocycles. The second-order valence-electron chi connectivity index (χ2n) is 5.28. The van der Waals surface area contributed by atoms with Gasteiger partial charge in [0, 0.05) is 15.7 Å². The molecule has 0 spiro atoms. The highest BCUT2D eigenvalue weighted by Gasteiger charge is 2.09. The first-order valence-electron chi connectivity index (χ1n) is 7.41. The molecule has 0 radical (unpaired) electrons. The van der Waals surface area contributed by atoms with Crippen LogP contribution in [0.3, 0.4) is 0 Å². The van der Waals surface area contributed by atoms with Crippen molar-refractivity contribution in [2.24, 2.45) is 0 Å². The van der Waals surface area contributed by atoms with Crippen molar-refractivity contribution in [2.45, 2.75) is 6.42 Å². The number of para-hydroxylation sites is 1. The number of carbonyl (C=O) groups excluding carboxylic acids is 1. The smallest absolute Gasteiger partial charge is 0.255 e. The lowest BCUT2D eigenvalue weighted by atomic mass is 10.0. The standard InChI is InChI=1S/C20H16BrNO/c21-18-11-6-10-17(14-18)20(23)22-19-12-5-4-9-16(19)13-15-7-2-1-3-8-15/h1-12,14H,13H2,(H,22,23). The molecule has 0 aliphatic rings. The van der Waals surface area contributed by atoms with Crippen LogP contribution >= 0.6 is 15.9 Å². The van der Waals surface area contributed by atoms with Gasteiger partial charge in [0.05, 0.1) is 0 Å². The summed E-state index contributed by atoms with van der Waals surface area (Å²) in [5, 5.41) is 3.01. The Morgan fingerprint density at radius 3 is 2.39 bits per heavy atom. The van der Waals surface area contributed by atoms with Crippen LogP contribution in [-0.4, -0.2) is 5.91 Å². The van der Waals surface area contributed by atoms with Crippen molar-refractivity contribution >= 4 is 27.5 Å². The van der Waals surface area contributed by atoms with Gasteiger partial charge in [-0.3, -0.25) is 4.79 Å². The molecule has 0 saturated carbocycles. The quantitative estimate of drug-likeness (QED) is 0.668. The van der Waals surface area contributed by atoms with Gasteiger partial charge < -0.3 is 5.32 Å². The molecule has 114 valence electrons. The Balaban J connectivity index is 1.82. The van der Waals surface area contributed by atoms with Crippen LogP contribution in [0.5, 0.6) is 0 Å². The van der Waals surface area contributed by atoms with Crippen LogP contribution in [0, 0.1) is 0 Å². The molecule has 3 aromatic carbocycles. The van der Waals surface area contributed by atoms with Crippen LogP contribution in [0.15, 0.2) is 83.3 Å². The summed E-state index contributed by atoms with van der Waals surface area (Å²) in [6.07, 6.45) is 0.787. The van der Waals surface area contributed by atoms with E-state index in [4.69, 9.17) is 0 Å². The molecular weight excluding hydrogens is 350 g/mol. The van der Waals surface area contributed by atoms with Gasteiger partial charge >= 0.3 is 0 Å². The molecule has 0 aromatic heterocycles. The largest absolute Gasteiger partial charge is 0.322 e. The summed E-state index contributed by atoms with van der Waals surface area (Å²) in [7, 11) is 0. The van der Waals surface area contributed by atoms with E-state index >= 15 is 0 Å². The molecule has 0 heterocycles. The molecule has 0 aliphatic carbocycles. The van der Waals surface area contributed by atoms with Crippen molar-refractivity contribution < 1.29 is 4.79 Å². The third-order valence-electron chi connectivity index (χ3n) is 3.59. The number of benzene rings is 3. The number of rotatable bonds is 4. The second kappa shape index (κ2) is 7.25. The van der Waals surface area contributed by atoms with E-state index in [1.165, 1.54) is 5.56 Å². The van der Waals surface area contributed by atoms with Gasteiger partial charge in [-0.05, 0) is 41.8 Å². The zero-order valence-corrected chi connectivity index (χ0v) is 14.1. The highest BCUT2D eigenvalue weighted by molar-refractivity contribution is 9.10. The minimum atomic E-state index is -0.105. The summed E-state index contributed by atoms with van der Waals surface area (Å²) in [5.74, 6) is -0.105. The molecule has 3 aromatic rings. The maximum Gasteiger partial charge on any atom is 0.255 e. The molecule has 23 heavy (non-hydrogen) atoms. The number of hydrogen-bond donors (Lipinski definition) is 1. The Morgan fingerprint density at radius 1 is 0.870 bits per heavy atom. The molecule has 0 atom stereocenters. The highest BCUT2D eigenvalue weighted by Crippen LogP contribution is 2.20. The van der Waals surface area contributed by atoms with Crippen molar-refractivity contribution in [2.75, 3.05) is 5.32 Å². The fraction of sp³-hybridized carbons (Fsp3) is 0.0500. The van der Waals surface area contributed by atoms with Gasteiger partial charge in [0.25, 0.3) is 5.91 Å². The lowest BCUT2D eigenvalue weighted by Crippen LogP contribution is -2.13. The van der Waals surface area contributed by atoms with Crippen LogP contribution in [0.4, 0.5) is 5.69 Å². The van der Waals surface area contributed by atoms with Crippen LogP contribution in [-0.2, 0) is 6.42 Å². The van der Waals surface area contributed by atoms with E-state index in [9.17, 15) is 4.79 Å². The number of nitrogens with one attached hydrogen (secondary N) is 1. The predicted molar refractivity (Wildman–Crippen MR) is 97.8 cm³/mol. The average Bonchev–Trinajstić information content (AvgIpc) is 2.57. The van der Waals surface area contributed by atoms with Crippen molar-refractivity contribution in [3.05, 3.63) is 100 Å². The number of carbonyl (C=O) groups is 1. The van der Waals surface area contributed by atoms with Crippen molar-refractivity contribution in [3.8, 4) is 0 Å². The van der Waals surface area contributed by atoms with Gasteiger partial charge in [0.15, 0.2) is 0 Å². The zero-order chi connectivity index (χ0) is 16.1. The molecular formula is C20H16BrNO. The highest BCUT2D eigenvalue weighted by atomic mass is 79.9. The molecule has 1 amide bonds. The monoisotopic (exact) mass is 365 g/mol. The zero-order valence-electron chi connectivity index (χ0n) is 12.5. The third kappa shape index (κ3) is 4.08. The summed E-state index contributed by atoms with van der Waals surface area (Å²) < 4.78 is 0.891. The molecule has 0 saturated heterocycles. The van der Waals surface area contributed by atoms with Gasteiger partial charge in [-0.25, -0.2) is 0 Å². The molecule has 0 bridgehead atoms. The minimum Gasteiger partial charge on any atom is -0.322 e. The van der Waals surface area contributed by atoms with E-state index in [0.717, 1.165) is 22.1 Å². The summed E-state index contributed by atoms with van der Waals surface area (Å²) >= 11 is 3.39. The number of halogens is 1. The SMILES string of the molecule is O=C(Nc1ccccc1Cc1ccccc1)c1cccc(Br)c1. The average molecular weight is 366 g/mol. The van der Waals surface area contributed by atoms with E-state index in [2.05, 4.69) is 33.4 Å². The normalized spacial score (nSPS) is 10.3. The summed E-state index contributed by atoms with van der Waals surface area (Å²) in [6.45, 7) is 0. The van der Waals surface area contributed by atoms with Gasteiger partial charge in [-0.1, -0.05) is 70.5 Å². The number of amides is 1. The molecule has 3 heteroatoms. The lowest BCUT2D eigenvalue weighted by Gasteiger charge is -2.11. The Morgan fingerprint density at radius 2 is 1.61 bits per heavy atom. The van der Waals surface area contributed by atoms with Gasteiger partial charge in [-0.15, -0.1) is 0 Å². The first kappa shape index (κ1) is 15.5. The Bertz CT molecular complexity index is 815. The summed E-state index contributed by atoms with van der Waals surface area (Å²) in [5.41, 5.74) is 3.80. The lowest BCUT2D eigenvalue weighted by molar-refractivity contribution is 0.102. The molecule has 2 nitrogen and oxygen atoms in total. The van der Waals surface area contributed by atoms with Crippen LogP contribution in [0.25, 0.3) is 0 Å². The topological polar surface area (TPSA) is 29.1 Å². The molecule has 1 N–H and O–H groups in total. The van der Waals surface area contributed by atoms with Crippen molar-refractivity contribution in [1.29, 1.82) is 0 Å². The Kier molecular flexibility index (Phi) is 4.89. The van der Waals surface area contributed by atoms with E-state index in [1.54, 1.807) is 6.07 Å². The van der Waals surface area contributed by atoms with E-state index in [0.29, 0.717) is 5.56 Å². The minimum absolute atomic E-state index is 0.105. The molecule has 0 unspecified atom stereocenters. The van der Waals surface area contributed by atoms with Crippen molar-refractivity contribution in [1.82, 2.24) is 0 Å². The molecule has 3 rings (SSSR count). The third-order valence-corrected chi connectivity index (χ3v) is 4.08. The van der Waals surface area contributed by atoms with Crippen LogP contribution in [0.2, 0.25) is 0 Å². The summed E-state index contributed by atoms with van der Waals surface area (Å²) in [6, 6.07) is 25.5. The fourth-order valence-corrected chi connectivity index (χ4v) is 2.84. The predicted octanol–water partition coefficient (Wildman–Crippen LogP) is 5.29. The van der Waals surface area contributed by atoms with Crippen LogP contribution in [0.1, 0.15) is 21.5 Å². The number of hydrogen-bond acceptors (Lipinski definition) is 1. The first-order valence-corrected chi connectivity index (χ1v) is 8.20. The molecule has 0 fully saturated rings. The van der Waals surface area contributed by atoms with E-state index < -0.39 is 0 Å². The van der Waals surface area contributed by atoms with Crippen LogP contribution < -0.4 is 5.32 Å². The number of anilines is 1. The Hall–Kier alpha value is -2.39. The Labute approximate surface area is 144 Å². The van der Waals surface area contributed by atoms with Crippen molar-refractivity contribution in [3.63, 3.8) is 0 Å².